The van der Waals surface area contributed by atoms with Gasteiger partial charge in [0.05, 0.1) is 21.8 Å². The van der Waals surface area contributed by atoms with Crippen LogP contribution >= 0.6 is 11.6 Å². The third-order valence-electron chi connectivity index (χ3n) is 4.76. The Kier molecular flexibility index (Phi) is 4.99. The Morgan fingerprint density at radius 2 is 1.72 bits per heavy atom. The predicted octanol–water partition coefficient (Wildman–Crippen LogP) is 5.70. The molecular formula is C24H16ClN3O. The van der Waals surface area contributed by atoms with Gasteiger partial charge in [-0.3, -0.25) is 4.79 Å². The van der Waals surface area contributed by atoms with Crippen LogP contribution in [0, 0.1) is 11.3 Å². The van der Waals surface area contributed by atoms with E-state index in [1.54, 1.807) is 36.2 Å². The molecule has 0 aliphatic carbocycles. The van der Waals surface area contributed by atoms with Gasteiger partial charge in [-0.1, -0.05) is 48.0 Å². The zero-order chi connectivity index (χ0) is 20.4. The van der Waals surface area contributed by atoms with Gasteiger partial charge in [-0.2, -0.15) is 5.26 Å². The molecule has 5 heteroatoms. The van der Waals surface area contributed by atoms with Crippen LogP contribution in [0.1, 0.15) is 15.9 Å². The van der Waals surface area contributed by atoms with E-state index >= 15 is 0 Å². The number of hydrogen-bond acceptors (Lipinski definition) is 3. The second-order valence-corrected chi connectivity index (χ2v) is 6.99. The van der Waals surface area contributed by atoms with Gasteiger partial charge < -0.3 is 4.90 Å². The molecular weight excluding hydrogens is 382 g/mol. The molecule has 0 saturated heterocycles. The van der Waals surface area contributed by atoms with Crippen LogP contribution in [-0.2, 0) is 0 Å². The molecule has 0 N–H and O–H groups in total. The van der Waals surface area contributed by atoms with Crippen LogP contribution in [0.25, 0.3) is 22.2 Å². The monoisotopic (exact) mass is 397 g/mol. The maximum atomic E-state index is 13.0. The van der Waals surface area contributed by atoms with E-state index in [0.717, 1.165) is 16.6 Å². The molecule has 3 aromatic carbocycles. The number of aromatic nitrogens is 1. The highest BCUT2D eigenvalue weighted by atomic mass is 35.5. The molecule has 0 saturated carbocycles. The Balaban J connectivity index is 1.81. The summed E-state index contributed by atoms with van der Waals surface area (Å²) in [7, 11) is 1.72. The number of halogens is 1. The minimum atomic E-state index is -0.173. The van der Waals surface area contributed by atoms with Crippen molar-refractivity contribution < 1.29 is 4.79 Å². The third kappa shape index (κ3) is 3.56. The van der Waals surface area contributed by atoms with Crippen molar-refractivity contribution >= 4 is 34.1 Å². The summed E-state index contributed by atoms with van der Waals surface area (Å²) >= 11 is 6.44. The summed E-state index contributed by atoms with van der Waals surface area (Å²) in [4.78, 5) is 19.2. The molecule has 0 fully saturated rings. The van der Waals surface area contributed by atoms with Gasteiger partial charge in [-0.25, -0.2) is 4.98 Å². The number of carbonyl (C=O) groups is 1. The first-order valence-electron chi connectivity index (χ1n) is 9.01. The molecule has 4 aromatic rings. The number of nitriles is 1. The van der Waals surface area contributed by atoms with Crippen molar-refractivity contribution in [1.82, 2.24) is 4.98 Å². The third-order valence-corrected chi connectivity index (χ3v) is 5.09. The molecule has 4 nitrogen and oxygen atoms in total. The Bertz CT molecular complexity index is 1260. The second kappa shape index (κ2) is 7.75. The normalized spacial score (nSPS) is 10.5. The fraction of sp³-hybridized carbons (Fsp3) is 0.0417. The van der Waals surface area contributed by atoms with Crippen LogP contribution in [0.2, 0.25) is 5.02 Å². The first kappa shape index (κ1) is 18.7. The van der Waals surface area contributed by atoms with Gasteiger partial charge in [0.15, 0.2) is 0 Å². The molecule has 140 valence electrons. The number of fused-ring (bicyclic) bond motifs is 1. The second-order valence-electron chi connectivity index (χ2n) is 6.58. The lowest BCUT2D eigenvalue weighted by Crippen LogP contribution is -2.26. The Morgan fingerprint density at radius 3 is 2.48 bits per heavy atom. The van der Waals surface area contributed by atoms with E-state index < -0.39 is 0 Å². The average molecular weight is 398 g/mol. The highest BCUT2D eigenvalue weighted by Gasteiger charge is 2.18. The van der Waals surface area contributed by atoms with Crippen LogP contribution in [-0.4, -0.2) is 17.9 Å². The first-order chi connectivity index (χ1) is 14.1. The molecule has 0 unspecified atom stereocenters. The summed E-state index contributed by atoms with van der Waals surface area (Å²) in [5.74, 6) is -0.173. The molecule has 1 heterocycles. The lowest BCUT2D eigenvalue weighted by Gasteiger charge is -2.18. The molecule has 0 aliphatic heterocycles. The zero-order valence-electron chi connectivity index (χ0n) is 15.6. The van der Waals surface area contributed by atoms with E-state index in [1.165, 1.54) is 0 Å². The van der Waals surface area contributed by atoms with Crippen molar-refractivity contribution in [3.8, 4) is 17.3 Å². The van der Waals surface area contributed by atoms with Gasteiger partial charge in [-0.15, -0.1) is 0 Å². The van der Waals surface area contributed by atoms with Gasteiger partial charge in [0.25, 0.3) is 5.91 Å². The van der Waals surface area contributed by atoms with Gasteiger partial charge in [-0.05, 0) is 42.5 Å². The number of anilines is 1. The molecule has 1 amide bonds. The van der Waals surface area contributed by atoms with Gasteiger partial charge in [0.2, 0.25) is 0 Å². The Labute approximate surface area is 173 Å². The SMILES string of the molecule is CN(C(=O)c1ccc(Cl)c(-c2nc3ccccc3cc2C#N)c1)c1ccccc1. The van der Waals surface area contributed by atoms with Gasteiger partial charge in [0.1, 0.15) is 6.07 Å². The summed E-state index contributed by atoms with van der Waals surface area (Å²) < 4.78 is 0. The lowest BCUT2D eigenvalue weighted by atomic mass is 10.0. The minimum Gasteiger partial charge on any atom is -0.311 e. The van der Waals surface area contributed by atoms with Crippen molar-refractivity contribution in [2.45, 2.75) is 0 Å². The van der Waals surface area contributed by atoms with Crippen molar-refractivity contribution in [2.24, 2.45) is 0 Å². The number of nitrogens with zero attached hydrogens (tertiary/aromatic N) is 3. The van der Waals surface area contributed by atoms with E-state index in [2.05, 4.69) is 11.1 Å². The van der Waals surface area contributed by atoms with Crippen molar-refractivity contribution in [3.63, 3.8) is 0 Å². The molecule has 0 atom stereocenters. The molecule has 0 bridgehead atoms. The van der Waals surface area contributed by atoms with E-state index in [1.807, 2.05) is 54.6 Å². The molecule has 0 radical (unpaired) electrons. The van der Waals surface area contributed by atoms with Crippen LogP contribution in [0.4, 0.5) is 5.69 Å². The first-order valence-corrected chi connectivity index (χ1v) is 9.39. The number of para-hydroxylation sites is 2. The highest BCUT2D eigenvalue weighted by molar-refractivity contribution is 6.33. The molecule has 4 rings (SSSR count). The van der Waals surface area contributed by atoms with E-state index in [-0.39, 0.29) is 5.91 Å². The number of rotatable bonds is 3. The topological polar surface area (TPSA) is 57.0 Å². The number of amides is 1. The Hall–Kier alpha value is -3.68. The van der Waals surface area contributed by atoms with Crippen molar-refractivity contribution in [3.05, 3.63) is 95.0 Å². The summed E-state index contributed by atoms with van der Waals surface area (Å²) in [5.41, 5.74) is 3.45. The number of carbonyl (C=O) groups excluding carboxylic acids is 1. The number of pyridine rings is 1. The van der Waals surface area contributed by atoms with E-state index in [0.29, 0.717) is 27.4 Å². The standard InChI is InChI=1S/C24H16ClN3O/c1-28(19-8-3-2-4-9-19)24(29)17-11-12-21(25)20(14-17)23-18(15-26)13-16-7-5-6-10-22(16)27-23/h2-14H,1H3. The van der Waals surface area contributed by atoms with E-state index in [4.69, 9.17) is 11.6 Å². The Morgan fingerprint density at radius 1 is 1.00 bits per heavy atom. The molecule has 1 aromatic heterocycles. The maximum absolute atomic E-state index is 13.0. The molecule has 0 spiro atoms. The van der Waals surface area contributed by atoms with Crippen LogP contribution < -0.4 is 4.90 Å². The average Bonchev–Trinajstić information content (AvgIpc) is 2.78. The fourth-order valence-electron chi connectivity index (χ4n) is 3.21. The highest BCUT2D eigenvalue weighted by Crippen LogP contribution is 2.32. The largest absolute Gasteiger partial charge is 0.311 e. The number of hydrogen-bond donors (Lipinski definition) is 0. The summed E-state index contributed by atoms with van der Waals surface area (Å²) in [6, 6.07) is 26.0. The van der Waals surface area contributed by atoms with Gasteiger partial charge in [0, 0.05) is 29.2 Å². The van der Waals surface area contributed by atoms with Crippen molar-refractivity contribution in [2.75, 3.05) is 11.9 Å². The van der Waals surface area contributed by atoms with Crippen LogP contribution in [0.5, 0.6) is 0 Å². The van der Waals surface area contributed by atoms with Crippen LogP contribution in [0.3, 0.4) is 0 Å². The zero-order valence-corrected chi connectivity index (χ0v) is 16.4. The smallest absolute Gasteiger partial charge is 0.258 e. The van der Waals surface area contributed by atoms with Crippen molar-refractivity contribution in [1.29, 1.82) is 5.26 Å². The summed E-state index contributed by atoms with van der Waals surface area (Å²) in [6.07, 6.45) is 0. The lowest BCUT2D eigenvalue weighted by molar-refractivity contribution is 0.0993. The minimum absolute atomic E-state index is 0.173. The maximum Gasteiger partial charge on any atom is 0.258 e. The fourth-order valence-corrected chi connectivity index (χ4v) is 3.42. The quantitative estimate of drug-likeness (QED) is 0.445. The number of benzene rings is 3. The molecule has 0 aliphatic rings. The van der Waals surface area contributed by atoms with Gasteiger partial charge >= 0.3 is 0 Å². The predicted molar refractivity (Wildman–Crippen MR) is 116 cm³/mol. The van der Waals surface area contributed by atoms with E-state index in [9.17, 15) is 10.1 Å². The van der Waals surface area contributed by atoms with Crippen LogP contribution in [0.15, 0.2) is 78.9 Å². The summed E-state index contributed by atoms with van der Waals surface area (Å²) in [5, 5.41) is 10.9. The molecule has 29 heavy (non-hydrogen) atoms. The summed E-state index contributed by atoms with van der Waals surface area (Å²) in [6.45, 7) is 0.